The SMILES string of the molecule is COC(=O)CC(C)CC(N)c1ccc(OC)cc1Br. The number of hydrogen-bond donors (Lipinski definition) is 1. The quantitative estimate of drug-likeness (QED) is 0.815. The molecular weight excluding hydrogens is 310 g/mol. The van der Waals surface area contributed by atoms with Gasteiger partial charge in [-0.15, -0.1) is 0 Å². The summed E-state index contributed by atoms with van der Waals surface area (Å²) in [6.45, 7) is 1.99. The molecule has 0 amide bonds. The van der Waals surface area contributed by atoms with Crippen molar-refractivity contribution in [1.29, 1.82) is 0 Å². The Morgan fingerprint density at radius 1 is 1.42 bits per heavy atom. The molecule has 2 N–H and O–H groups in total. The number of ether oxygens (including phenoxy) is 2. The second-order valence-electron chi connectivity index (χ2n) is 4.62. The van der Waals surface area contributed by atoms with E-state index in [1.54, 1.807) is 7.11 Å². The molecule has 2 unspecified atom stereocenters. The summed E-state index contributed by atoms with van der Waals surface area (Å²) in [5.74, 6) is 0.760. The smallest absolute Gasteiger partial charge is 0.305 e. The molecule has 0 spiro atoms. The first-order valence-corrected chi connectivity index (χ1v) is 6.93. The summed E-state index contributed by atoms with van der Waals surface area (Å²) in [6.07, 6.45) is 1.11. The summed E-state index contributed by atoms with van der Waals surface area (Å²) in [6, 6.07) is 5.59. The van der Waals surface area contributed by atoms with Crippen molar-refractivity contribution in [2.24, 2.45) is 11.7 Å². The van der Waals surface area contributed by atoms with Crippen LogP contribution in [0.1, 0.15) is 31.4 Å². The number of methoxy groups -OCH3 is 2. The van der Waals surface area contributed by atoms with Crippen LogP contribution >= 0.6 is 15.9 Å². The van der Waals surface area contributed by atoms with Crippen LogP contribution in [0, 0.1) is 5.92 Å². The Bertz CT molecular complexity index is 437. The molecule has 0 saturated carbocycles. The third-order valence-electron chi connectivity index (χ3n) is 3.01. The fraction of sp³-hybridized carbons (Fsp3) is 0.500. The number of benzene rings is 1. The highest BCUT2D eigenvalue weighted by molar-refractivity contribution is 9.10. The van der Waals surface area contributed by atoms with Crippen molar-refractivity contribution < 1.29 is 14.3 Å². The zero-order valence-corrected chi connectivity index (χ0v) is 13.1. The molecule has 0 saturated heterocycles. The van der Waals surface area contributed by atoms with Gasteiger partial charge in [0.2, 0.25) is 0 Å². The van der Waals surface area contributed by atoms with Crippen molar-refractivity contribution in [3.8, 4) is 5.75 Å². The highest BCUT2D eigenvalue weighted by Crippen LogP contribution is 2.30. The molecule has 1 aromatic carbocycles. The van der Waals surface area contributed by atoms with Crippen molar-refractivity contribution >= 4 is 21.9 Å². The van der Waals surface area contributed by atoms with Gasteiger partial charge in [0.1, 0.15) is 5.75 Å². The molecule has 0 aromatic heterocycles. The number of halogens is 1. The molecule has 0 aliphatic carbocycles. The highest BCUT2D eigenvalue weighted by Gasteiger charge is 2.16. The number of carbonyl (C=O) groups excluding carboxylic acids is 1. The van der Waals surface area contributed by atoms with Gasteiger partial charge >= 0.3 is 5.97 Å². The monoisotopic (exact) mass is 329 g/mol. The van der Waals surface area contributed by atoms with Gasteiger partial charge in [0.25, 0.3) is 0 Å². The lowest BCUT2D eigenvalue weighted by Crippen LogP contribution is -2.17. The van der Waals surface area contributed by atoms with Crippen LogP contribution in [-0.4, -0.2) is 20.2 Å². The minimum Gasteiger partial charge on any atom is -0.497 e. The standard InChI is InChI=1S/C14H20BrNO3/c1-9(7-14(17)19-3)6-13(16)11-5-4-10(18-2)8-12(11)15/h4-5,8-9,13H,6-7,16H2,1-3H3. The highest BCUT2D eigenvalue weighted by atomic mass is 79.9. The first kappa shape index (κ1) is 16.0. The molecule has 1 rings (SSSR count). The second-order valence-corrected chi connectivity index (χ2v) is 5.47. The summed E-state index contributed by atoms with van der Waals surface area (Å²) in [5, 5.41) is 0. The molecule has 0 fully saturated rings. The average molecular weight is 330 g/mol. The van der Waals surface area contributed by atoms with E-state index in [0.717, 1.165) is 22.2 Å². The van der Waals surface area contributed by atoms with Crippen molar-refractivity contribution in [2.45, 2.75) is 25.8 Å². The van der Waals surface area contributed by atoms with Crippen LogP contribution in [0.3, 0.4) is 0 Å². The van der Waals surface area contributed by atoms with E-state index in [0.29, 0.717) is 6.42 Å². The topological polar surface area (TPSA) is 61.5 Å². The molecule has 19 heavy (non-hydrogen) atoms. The Hall–Kier alpha value is -1.07. The van der Waals surface area contributed by atoms with Gasteiger partial charge < -0.3 is 15.2 Å². The van der Waals surface area contributed by atoms with E-state index in [9.17, 15) is 4.79 Å². The van der Waals surface area contributed by atoms with Gasteiger partial charge in [0.05, 0.1) is 14.2 Å². The number of rotatable bonds is 6. The minimum atomic E-state index is -0.200. The van der Waals surface area contributed by atoms with E-state index >= 15 is 0 Å². The van der Waals surface area contributed by atoms with Gasteiger partial charge in [-0.3, -0.25) is 4.79 Å². The number of carbonyl (C=O) groups is 1. The van der Waals surface area contributed by atoms with Crippen molar-refractivity contribution in [1.82, 2.24) is 0 Å². The molecule has 2 atom stereocenters. The fourth-order valence-corrected chi connectivity index (χ4v) is 2.60. The molecule has 4 nitrogen and oxygen atoms in total. The van der Waals surface area contributed by atoms with E-state index in [1.165, 1.54) is 7.11 Å². The lowest BCUT2D eigenvalue weighted by Gasteiger charge is -2.18. The van der Waals surface area contributed by atoms with Gasteiger partial charge in [0, 0.05) is 16.9 Å². The summed E-state index contributed by atoms with van der Waals surface area (Å²) < 4.78 is 10.7. The molecule has 0 aliphatic heterocycles. The molecule has 0 heterocycles. The summed E-state index contributed by atoms with van der Waals surface area (Å²) >= 11 is 3.49. The lowest BCUT2D eigenvalue weighted by atomic mass is 9.94. The Morgan fingerprint density at radius 2 is 2.11 bits per heavy atom. The van der Waals surface area contributed by atoms with Crippen LogP contribution in [0.2, 0.25) is 0 Å². The second kappa shape index (κ2) is 7.50. The Morgan fingerprint density at radius 3 is 2.63 bits per heavy atom. The van der Waals surface area contributed by atoms with Crippen LogP contribution < -0.4 is 10.5 Å². The van der Waals surface area contributed by atoms with Gasteiger partial charge in [-0.2, -0.15) is 0 Å². The average Bonchev–Trinajstić information content (AvgIpc) is 2.37. The number of nitrogens with two attached hydrogens (primary N) is 1. The molecule has 0 radical (unpaired) electrons. The molecular formula is C14H20BrNO3. The van der Waals surface area contributed by atoms with E-state index < -0.39 is 0 Å². The van der Waals surface area contributed by atoms with Crippen molar-refractivity contribution in [3.63, 3.8) is 0 Å². The summed E-state index contributed by atoms with van der Waals surface area (Å²) in [5.41, 5.74) is 7.19. The summed E-state index contributed by atoms with van der Waals surface area (Å²) in [4.78, 5) is 11.2. The minimum absolute atomic E-state index is 0.125. The Balaban J connectivity index is 2.67. The number of esters is 1. The van der Waals surface area contributed by atoms with E-state index in [2.05, 4.69) is 20.7 Å². The van der Waals surface area contributed by atoms with Gasteiger partial charge in [-0.1, -0.05) is 28.9 Å². The van der Waals surface area contributed by atoms with Crippen LogP contribution in [0.15, 0.2) is 22.7 Å². The lowest BCUT2D eigenvalue weighted by molar-refractivity contribution is -0.141. The maximum absolute atomic E-state index is 11.2. The normalized spacial score (nSPS) is 13.7. The van der Waals surface area contributed by atoms with Crippen LogP contribution in [0.5, 0.6) is 5.75 Å². The maximum atomic E-state index is 11.2. The van der Waals surface area contributed by atoms with Gasteiger partial charge in [-0.05, 0) is 30.0 Å². The van der Waals surface area contributed by atoms with E-state index in [4.69, 9.17) is 10.5 Å². The van der Waals surface area contributed by atoms with Crippen LogP contribution in [0.4, 0.5) is 0 Å². The van der Waals surface area contributed by atoms with Crippen molar-refractivity contribution in [2.75, 3.05) is 14.2 Å². The fourth-order valence-electron chi connectivity index (χ4n) is 1.95. The predicted molar refractivity (Wildman–Crippen MR) is 78.0 cm³/mol. The first-order valence-electron chi connectivity index (χ1n) is 6.13. The molecule has 0 aliphatic rings. The first-order chi connectivity index (χ1) is 8.97. The maximum Gasteiger partial charge on any atom is 0.305 e. The zero-order chi connectivity index (χ0) is 14.4. The largest absolute Gasteiger partial charge is 0.497 e. The molecule has 1 aromatic rings. The zero-order valence-electron chi connectivity index (χ0n) is 11.5. The van der Waals surface area contributed by atoms with Crippen LogP contribution in [0.25, 0.3) is 0 Å². The molecule has 106 valence electrons. The van der Waals surface area contributed by atoms with Crippen molar-refractivity contribution in [3.05, 3.63) is 28.2 Å². The van der Waals surface area contributed by atoms with E-state index in [1.807, 2.05) is 25.1 Å². The van der Waals surface area contributed by atoms with Gasteiger partial charge in [-0.25, -0.2) is 0 Å². The summed E-state index contributed by atoms with van der Waals surface area (Å²) in [7, 11) is 3.02. The molecule has 5 heteroatoms. The van der Waals surface area contributed by atoms with E-state index in [-0.39, 0.29) is 17.9 Å². The third kappa shape index (κ3) is 4.84. The predicted octanol–water partition coefficient (Wildman–Crippen LogP) is 3.05. The van der Waals surface area contributed by atoms with Gasteiger partial charge in [0.15, 0.2) is 0 Å². The number of hydrogen-bond acceptors (Lipinski definition) is 4. The molecule has 0 bridgehead atoms. The third-order valence-corrected chi connectivity index (χ3v) is 3.69. The van der Waals surface area contributed by atoms with Crippen LogP contribution in [-0.2, 0) is 9.53 Å². The Labute approximate surface area is 122 Å². The Kier molecular flexibility index (Phi) is 6.31.